The minimum Gasteiger partial charge on any atom is -0.480 e. The number of nitrogens with one attached hydrogen (secondary N) is 1. The van der Waals surface area contributed by atoms with Crippen LogP contribution in [0.5, 0.6) is 17.4 Å². The molecule has 0 saturated heterocycles. The van der Waals surface area contributed by atoms with E-state index in [1.54, 1.807) is 13.8 Å². The molecule has 2 N–H and O–H groups in total. The molecule has 1 aromatic carbocycles. The van der Waals surface area contributed by atoms with E-state index in [9.17, 15) is 19.1 Å². The number of carbonyl (C=O) groups excluding carboxylic acids is 1. The smallest absolute Gasteiger partial charge is 0.326 e. The van der Waals surface area contributed by atoms with Gasteiger partial charge in [-0.25, -0.2) is 14.2 Å². The predicted octanol–water partition coefficient (Wildman–Crippen LogP) is 5.58. The van der Waals surface area contributed by atoms with E-state index in [0.29, 0.717) is 13.0 Å². The summed E-state index contributed by atoms with van der Waals surface area (Å²) in [6, 6.07) is 2.30. The van der Waals surface area contributed by atoms with Crippen molar-refractivity contribution >= 4 is 35.1 Å². The fraction of sp³-hybridized carbons (Fsp3) is 0.409. The highest BCUT2D eigenvalue weighted by Crippen LogP contribution is 2.34. The molecule has 2 atom stereocenters. The van der Waals surface area contributed by atoms with Gasteiger partial charge in [0.05, 0.1) is 23.4 Å². The fourth-order valence-corrected chi connectivity index (χ4v) is 3.04. The molecule has 1 heterocycles. The highest BCUT2D eigenvalue weighted by Gasteiger charge is 2.27. The minimum atomic E-state index is -1.20. The minimum absolute atomic E-state index is 0.0526. The first-order valence-electron chi connectivity index (χ1n) is 10.0. The first-order valence-corrected chi connectivity index (χ1v) is 10.8. The number of carbonyl (C=O) groups is 2. The van der Waals surface area contributed by atoms with Gasteiger partial charge in [-0.3, -0.25) is 4.79 Å². The number of rotatable bonds is 10. The number of carboxylic acids is 1. The van der Waals surface area contributed by atoms with Crippen LogP contribution in [0.2, 0.25) is 10.0 Å². The third kappa shape index (κ3) is 6.71. The normalized spacial score (nSPS) is 12.9. The summed E-state index contributed by atoms with van der Waals surface area (Å²) in [5.74, 6) is -2.71. The first kappa shape index (κ1) is 25.7. The van der Waals surface area contributed by atoms with Crippen LogP contribution in [0, 0.1) is 17.7 Å². The third-order valence-electron chi connectivity index (χ3n) is 4.60. The Morgan fingerprint density at radius 1 is 1.19 bits per heavy atom. The topological polar surface area (TPSA) is 97.8 Å². The van der Waals surface area contributed by atoms with Crippen molar-refractivity contribution in [1.82, 2.24) is 10.3 Å². The van der Waals surface area contributed by atoms with Crippen molar-refractivity contribution in [2.24, 2.45) is 11.8 Å². The zero-order valence-corrected chi connectivity index (χ0v) is 19.6. The molecular weight excluding hydrogens is 462 g/mol. The second kappa shape index (κ2) is 11.3. The number of hydrogen-bond acceptors (Lipinski definition) is 5. The molecule has 0 aliphatic heterocycles. The van der Waals surface area contributed by atoms with Crippen molar-refractivity contribution in [3.8, 4) is 17.4 Å². The zero-order chi connectivity index (χ0) is 24.0. The molecule has 1 amide bonds. The summed E-state index contributed by atoms with van der Waals surface area (Å²) in [6.45, 7) is 7.88. The van der Waals surface area contributed by atoms with E-state index in [-0.39, 0.29) is 39.3 Å². The van der Waals surface area contributed by atoms with Crippen LogP contribution in [0.4, 0.5) is 4.39 Å². The number of halogens is 3. The largest absolute Gasteiger partial charge is 0.480 e. The average molecular weight is 487 g/mol. The Kier molecular flexibility index (Phi) is 9.09. The lowest BCUT2D eigenvalue weighted by molar-refractivity contribution is -0.140. The second-order valence-electron chi connectivity index (χ2n) is 7.70. The molecular formula is C22H25Cl2FN2O5. The average Bonchev–Trinajstić information content (AvgIpc) is 2.72. The lowest BCUT2D eigenvalue weighted by atomic mass is 9.99. The van der Waals surface area contributed by atoms with Crippen molar-refractivity contribution in [2.45, 2.75) is 40.2 Å². The van der Waals surface area contributed by atoms with E-state index < -0.39 is 29.3 Å². The number of benzene rings is 1. The molecule has 1 aromatic heterocycles. The number of amides is 1. The van der Waals surface area contributed by atoms with Crippen molar-refractivity contribution in [2.75, 3.05) is 6.61 Å². The van der Waals surface area contributed by atoms with Gasteiger partial charge < -0.3 is 19.9 Å². The quantitative estimate of drug-likeness (QED) is 0.454. The standard InChI is InChI=1S/C22H25Cl2FN2O5/c1-5-12(4)19(22(29)30)27-20(28)14-7-15(23)18(8-17(14)25)32-13-6-16(24)21(26-9-13)31-10-11(2)3/h6-9,11-12,19H,5,10H2,1-4H3,(H,27,28)(H,29,30). The van der Waals surface area contributed by atoms with Gasteiger partial charge in [-0.2, -0.15) is 0 Å². The third-order valence-corrected chi connectivity index (χ3v) is 5.16. The van der Waals surface area contributed by atoms with Crippen LogP contribution >= 0.6 is 23.2 Å². The Bertz CT molecular complexity index is 987. The molecule has 0 spiro atoms. The Morgan fingerprint density at radius 3 is 2.44 bits per heavy atom. The highest BCUT2D eigenvalue weighted by atomic mass is 35.5. The Labute approximate surface area is 195 Å². The summed E-state index contributed by atoms with van der Waals surface area (Å²) in [4.78, 5) is 28.0. The number of carboxylic acid groups (broad SMARTS) is 1. The number of aliphatic carboxylic acids is 1. The van der Waals surface area contributed by atoms with Gasteiger partial charge >= 0.3 is 5.97 Å². The van der Waals surface area contributed by atoms with Crippen LogP contribution in [-0.4, -0.2) is 34.6 Å². The maximum absolute atomic E-state index is 14.6. The van der Waals surface area contributed by atoms with Gasteiger partial charge in [-0.05, 0) is 17.9 Å². The first-order chi connectivity index (χ1) is 15.0. The Balaban J connectivity index is 2.19. The Morgan fingerprint density at radius 2 is 1.88 bits per heavy atom. The van der Waals surface area contributed by atoms with Crippen LogP contribution in [0.1, 0.15) is 44.5 Å². The van der Waals surface area contributed by atoms with E-state index in [4.69, 9.17) is 32.7 Å². The molecule has 174 valence electrons. The maximum atomic E-state index is 14.6. The van der Waals surface area contributed by atoms with Crippen molar-refractivity contribution < 1.29 is 28.6 Å². The molecule has 32 heavy (non-hydrogen) atoms. The molecule has 2 rings (SSSR count). The van der Waals surface area contributed by atoms with Gasteiger partial charge in [0.25, 0.3) is 5.91 Å². The van der Waals surface area contributed by atoms with Crippen LogP contribution in [0.15, 0.2) is 24.4 Å². The molecule has 7 nitrogen and oxygen atoms in total. The van der Waals surface area contributed by atoms with E-state index >= 15 is 0 Å². The van der Waals surface area contributed by atoms with E-state index in [1.807, 2.05) is 13.8 Å². The molecule has 0 aliphatic rings. The summed E-state index contributed by atoms with van der Waals surface area (Å²) in [5, 5.41) is 11.8. The van der Waals surface area contributed by atoms with E-state index in [2.05, 4.69) is 10.3 Å². The van der Waals surface area contributed by atoms with Crippen LogP contribution in [-0.2, 0) is 4.79 Å². The number of pyridine rings is 1. The van der Waals surface area contributed by atoms with Gasteiger partial charge in [0, 0.05) is 12.1 Å². The molecule has 10 heteroatoms. The SMILES string of the molecule is CCC(C)C(NC(=O)c1cc(Cl)c(Oc2cnc(OCC(C)C)c(Cl)c2)cc1F)C(=O)O. The van der Waals surface area contributed by atoms with Gasteiger partial charge in [0.15, 0.2) is 0 Å². The number of hydrogen-bond donors (Lipinski definition) is 2. The summed E-state index contributed by atoms with van der Waals surface area (Å²) in [7, 11) is 0. The molecule has 2 aromatic rings. The van der Waals surface area contributed by atoms with Gasteiger partial charge in [0.1, 0.15) is 28.4 Å². The van der Waals surface area contributed by atoms with Gasteiger partial charge in [-0.15, -0.1) is 0 Å². The van der Waals surface area contributed by atoms with E-state index in [1.165, 1.54) is 12.3 Å². The van der Waals surface area contributed by atoms with Crippen LogP contribution in [0.3, 0.4) is 0 Å². The molecule has 2 unspecified atom stereocenters. The molecule has 0 radical (unpaired) electrons. The monoisotopic (exact) mass is 486 g/mol. The summed E-state index contributed by atoms with van der Waals surface area (Å²) >= 11 is 12.3. The van der Waals surface area contributed by atoms with Crippen LogP contribution in [0.25, 0.3) is 0 Å². The summed E-state index contributed by atoms with van der Waals surface area (Å²) < 4.78 is 25.7. The molecule has 0 fully saturated rings. The summed E-state index contributed by atoms with van der Waals surface area (Å²) in [5.41, 5.74) is -0.398. The highest BCUT2D eigenvalue weighted by molar-refractivity contribution is 6.32. The number of nitrogens with zero attached hydrogens (tertiary/aromatic N) is 1. The maximum Gasteiger partial charge on any atom is 0.326 e. The van der Waals surface area contributed by atoms with Crippen molar-refractivity contribution in [1.29, 1.82) is 0 Å². The van der Waals surface area contributed by atoms with Gasteiger partial charge in [-0.1, -0.05) is 57.3 Å². The fourth-order valence-electron chi connectivity index (χ4n) is 2.63. The van der Waals surface area contributed by atoms with Crippen molar-refractivity contribution in [3.63, 3.8) is 0 Å². The lowest BCUT2D eigenvalue weighted by Gasteiger charge is -2.20. The van der Waals surface area contributed by atoms with Crippen molar-refractivity contribution in [3.05, 3.63) is 45.8 Å². The number of ether oxygens (including phenoxy) is 2. The van der Waals surface area contributed by atoms with E-state index in [0.717, 1.165) is 12.1 Å². The molecule has 0 aliphatic carbocycles. The second-order valence-corrected chi connectivity index (χ2v) is 8.52. The summed E-state index contributed by atoms with van der Waals surface area (Å²) in [6.07, 6.45) is 1.87. The van der Waals surface area contributed by atoms with Crippen LogP contribution < -0.4 is 14.8 Å². The molecule has 0 saturated carbocycles. The lowest BCUT2D eigenvalue weighted by Crippen LogP contribution is -2.45. The zero-order valence-electron chi connectivity index (χ0n) is 18.1. The Hall–Kier alpha value is -2.58. The van der Waals surface area contributed by atoms with Gasteiger partial charge in [0.2, 0.25) is 5.88 Å². The predicted molar refractivity (Wildman–Crippen MR) is 119 cm³/mol. The molecule has 0 bridgehead atoms. The number of aromatic nitrogens is 1.